The number of terminal acetylenes is 1. The van der Waals surface area contributed by atoms with Crippen LogP contribution in [-0.2, 0) is 4.79 Å². The maximum atomic E-state index is 11.4. The molecule has 0 unspecified atom stereocenters. The van der Waals surface area contributed by atoms with Gasteiger partial charge in [-0.1, -0.05) is 0 Å². The van der Waals surface area contributed by atoms with Crippen LogP contribution in [-0.4, -0.2) is 17.4 Å². The van der Waals surface area contributed by atoms with Crippen LogP contribution in [0.2, 0.25) is 0 Å². The number of aromatic nitrogens is 1. The zero-order valence-corrected chi connectivity index (χ0v) is 9.15. The summed E-state index contributed by atoms with van der Waals surface area (Å²) in [5.41, 5.74) is 2.60. The van der Waals surface area contributed by atoms with Crippen molar-refractivity contribution in [2.45, 2.75) is 13.3 Å². The van der Waals surface area contributed by atoms with Crippen LogP contribution in [0.3, 0.4) is 0 Å². The van der Waals surface area contributed by atoms with Gasteiger partial charge in [-0.05, 0) is 24.8 Å². The van der Waals surface area contributed by atoms with Crippen molar-refractivity contribution in [3.05, 3.63) is 21.7 Å². The van der Waals surface area contributed by atoms with E-state index in [1.165, 1.54) is 11.3 Å². The second kappa shape index (κ2) is 3.87. The number of carbonyl (C=O) groups is 1. The molecule has 1 N–H and O–H groups in total. The predicted molar refractivity (Wildman–Crippen MR) is 60.3 cm³/mol. The van der Waals surface area contributed by atoms with Crippen molar-refractivity contribution in [3.8, 4) is 12.3 Å². The van der Waals surface area contributed by atoms with Crippen LogP contribution in [0.4, 0.5) is 0 Å². The molecule has 3 nitrogen and oxygen atoms in total. The van der Waals surface area contributed by atoms with Crippen LogP contribution in [0.25, 0.3) is 5.57 Å². The molecule has 0 saturated carbocycles. The summed E-state index contributed by atoms with van der Waals surface area (Å²) in [5, 5.41) is 5.36. The van der Waals surface area contributed by atoms with Gasteiger partial charge in [-0.15, -0.1) is 17.8 Å². The molecule has 4 heteroatoms. The molecule has 1 amide bonds. The molecule has 0 aromatic carbocycles. The van der Waals surface area contributed by atoms with Crippen molar-refractivity contribution >= 4 is 22.8 Å². The summed E-state index contributed by atoms with van der Waals surface area (Å²) in [6, 6.07) is 0. The van der Waals surface area contributed by atoms with E-state index in [4.69, 9.17) is 6.42 Å². The number of rotatable bonds is 1. The first-order valence-corrected chi connectivity index (χ1v) is 5.51. The second-order valence-electron chi connectivity index (χ2n) is 3.29. The molecule has 0 bridgehead atoms. The van der Waals surface area contributed by atoms with Gasteiger partial charge in [-0.3, -0.25) is 4.79 Å². The average Bonchev–Trinajstić information content (AvgIpc) is 2.70. The number of hydrogen-bond acceptors (Lipinski definition) is 3. The van der Waals surface area contributed by atoms with E-state index in [1.54, 1.807) is 0 Å². The highest BCUT2D eigenvalue weighted by Gasteiger charge is 2.18. The summed E-state index contributed by atoms with van der Waals surface area (Å²) in [6.45, 7) is 2.49. The van der Waals surface area contributed by atoms with Crippen molar-refractivity contribution in [1.82, 2.24) is 10.3 Å². The van der Waals surface area contributed by atoms with Crippen LogP contribution in [0, 0.1) is 12.3 Å². The molecule has 2 heterocycles. The van der Waals surface area contributed by atoms with E-state index in [-0.39, 0.29) is 5.91 Å². The Morgan fingerprint density at radius 2 is 2.47 bits per heavy atom. The first kappa shape index (κ1) is 9.94. The number of amides is 1. The molecule has 2 rings (SSSR count). The Balaban J connectivity index is 2.42. The van der Waals surface area contributed by atoms with E-state index < -0.39 is 0 Å². The van der Waals surface area contributed by atoms with Crippen LogP contribution >= 0.6 is 11.3 Å². The van der Waals surface area contributed by atoms with Crippen LogP contribution in [0.15, 0.2) is 11.0 Å². The maximum absolute atomic E-state index is 11.4. The van der Waals surface area contributed by atoms with Gasteiger partial charge in [0.05, 0.1) is 5.69 Å². The summed E-state index contributed by atoms with van der Waals surface area (Å²) in [4.78, 5) is 15.7. The van der Waals surface area contributed by atoms with Crippen molar-refractivity contribution in [2.24, 2.45) is 0 Å². The summed E-state index contributed by atoms with van der Waals surface area (Å²) in [5.74, 6) is 2.49. The van der Waals surface area contributed by atoms with Gasteiger partial charge in [0.2, 0.25) is 5.91 Å². The minimum Gasteiger partial charge on any atom is -0.352 e. The van der Waals surface area contributed by atoms with Crippen molar-refractivity contribution < 1.29 is 4.79 Å². The summed E-state index contributed by atoms with van der Waals surface area (Å²) in [6.07, 6.45) is 6.08. The van der Waals surface area contributed by atoms with Gasteiger partial charge in [0.25, 0.3) is 0 Å². The Morgan fingerprint density at radius 3 is 3.13 bits per heavy atom. The third-order valence-electron chi connectivity index (χ3n) is 2.39. The topological polar surface area (TPSA) is 42.0 Å². The standard InChI is InChI=1S/C11H10N2OS/c1-3-10-13-9(6-15-10)8-4-5-12-11(14)7(8)2/h1,6H,4-5H2,2H3,(H,12,14). The van der Waals surface area contributed by atoms with Gasteiger partial charge in [-0.25, -0.2) is 4.98 Å². The van der Waals surface area contributed by atoms with E-state index in [0.29, 0.717) is 11.6 Å². The molecule has 1 aliphatic heterocycles. The molecule has 0 spiro atoms. The Morgan fingerprint density at radius 1 is 1.67 bits per heavy atom. The van der Waals surface area contributed by atoms with E-state index in [2.05, 4.69) is 16.2 Å². The molecule has 15 heavy (non-hydrogen) atoms. The van der Waals surface area contributed by atoms with Crippen molar-refractivity contribution in [1.29, 1.82) is 0 Å². The van der Waals surface area contributed by atoms with Gasteiger partial charge >= 0.3 is 0 Å². The highest BCUT2D eigenvalue weighted by molar-refractivity contribution is 7.10. The van der Waals surface area contributed by atoms with Gasteiger partial charge < -0.3 is 5.32 Å². The van der Waals surface area contributed by atoms with Crippen LogP contribution < -0.4 is 5.32 Å². The van der Waals surface area contributed by atoms with E-state index in [1.807, 2.05) is 12.3 Å². The smallest absolute Gasteiger partial charge is 0.247 e. The quantitative estimate of drug-likeness (QED) is 0.724. The molecule has 0 radical (unpaired) electrons. The molecule has 0 aliphatic carbocycles. The Hall–Kier alpha value is -1.60. The normalized spacial score (nSPS) is 16.1. The minimum absolute atomic E-state index is 0.00786. The monoisotopic (exact) mass is 218 g/mol. The minimum atomic E-state index is -0.00786. The lowest BCUT2D eigenvalue weighted by molar-refractivity contribution is -0.117. The van der Waals surface area contributed by atoms with Crippen molar-refractivity contribution in [3.63, 3.8) is 0 Å². The van der Waals surface area contributed by atoms with E-state index in [9.17, 15) is 4.79 Å². The third-order valence-corrected chi connectivity index (χ3v) is 3.16. The lowest BCUT2D eigenvalue weighted by Gasteiger charge is -2.16. The zero-order chi connectivity index (χ0) is 10.8. The fraction of sp³-hybridized carbons (Fsp3) is 0.273. The lowest BCUT2D eigenvalue weighted by Crippen LogP contribution is -2.30. The number of nitrogens with zero attached hydrogens (tertiary/aromatic N) is 1. The first-order valence-electron chi connectivity index (χ1n) is 4.63. The number of hydrogen-bond donors (Lipinski definition) is 1. The second-order valence-corrected chi connectivity index (χ2v) is 4.15. The van der Waals surface area contributed by atoms with Crippen LogP contribution in [0.5, 0.6) is 0 Å². The zero-order valence-electron chi connectivity index (χ0n) is 8.33. The highest BCUT2D eigenvalue weighted by atomic mass is 32.1. The number of thiazole rings is 1. The maximum Gasteiger partial charge on any atom is 0.247 e. The van der Waals surface area contributed by atoms with Crippen LogP contribution in [0.1, 0.15) is 24.0 Å². The molecule has 0 fully saturated rings. The fourth-order valence-electron chi connectivity index (χ4n) is 1.56. The van der Waals surface area contributed by atoms with Gasteiger partial charge in [0, 0.05) is 17.5 Å². The molecule has 0 atom stereocenters. The van der Waals surface area contributed by atoms with E-state index in [0.717, 1.165) is 23.3 Å². The third kappa shape index (κ3) is 1.79. The average molecular weight is 218 g/mol. The largest absolute Gasteiger partial charge is 0.352 e. The molecular weight excluding hydrogens is 208 g/mol. The predicted octanol–water partition coefficient (Wildman–Crippen LogP) is 1.42. The first-order chi connectivity index (χ1) is 7.22. The summed E-state index contributed by atoms with van der Waals surface area (Å²) in [7, 11) is 0. The number of carbonyl (C=O) groups excluding carboxylic acids is 1. The Kier molecular flexibility index (Phi) is 2.57. The molecule has 76 valence electrons. The molecule has 1 aromatic heterocycles. The molecule has 0 saturated heterocycles. The Bertz CT molecular complexity index is 479. The summed E-state index contributed by atoms with van der Waals surface area (Å²) < 4.78 is 0. The molecule has 1 aliphatic rings. The van der Waals surface area contributed by atoms with Gasteiger partial charge in [0.15, 0.2) is 5.01 Å². The number of nitrogens with one attached hydrogen (secondary N) is 1. The highest BCUT2D eigenvalue weighted by Crippen LogP contribution is 2.25. The fourth-order valence-corrected chi connectivity index (χ4v) is 2.19. The lowest BCUT2D eigenvalue weighted by atomic mass is 10.00. The van der Waals surface area contributed by atoms with Gasteiger partial charge in [-0.2, -0.15) is 0 Å². The Labute approximate surface area is 92.2 Å². The van der Waals surface area contributed by atoms with Crippen molar-refractivity contribution in [2.75, 3.05) is 6.54 Å². The van der Waals surface area contributed by atoms with E-state index >= 15 is 0 Å². The molecular formula is C11H10N2OS. The molecule has 1 aromatic rings. The summed E-state index contributed by atoms with van der Waals surface area (Å²) >= 11 is 1.43. The SMILES string of the molecule is C#Cc1nc(C2=C(C)C(=O)NCC2)cs1. The van der Waals surface area contributed by atoms with Gasteiger partial charge in [0.1, 0.15) is 0 Å².